The van der Waals surface area contributed by atoms with Gasteiger partial charge in [-0.25, -0.2) is 18.1 Å². The van der Waals surface area contributed by atoms with Gasteiger partial charge in [-0.1, -0.05) is 20.8 Å². The van der Waals surface area contributed by atoms with Crippen LogP contribution in [-0.4, -0.2) is 46.5 Å². The lowest BCUT2D eigenvalue weighted by Gasteiger charge is -2.15. The number of nitrogens with one attached hydrogen (secondary N) is 2. The number of amides is 2. The maximum Gasteiger partial charge on any atom is 0.231 e. The Morgan fingerprint density at radius 2 is 1.97 bits per heavy atom. The van der Waals surface area contributed by atoms with Crippen molar-refractivity contribution >= 4 is 43.9 Å². The van der Waals surface area contributed by atoms with Crippen LogP contribution in [0.3, 0.4) is 0 Å². The van der Waals surface area contributed by atoms with Crippen LogP contribution in [0.25, 0.3) is 0 Å². The van der Waals surface area contributed by atoms with E-state index in [1.54, 1.807) is 10.1 Å². The molecule has 2 aromatic heterocycles. The second kappa shape index (κ2) is 8.01. The summed E-state index contributed by atoms with van der Waals surface area (Å²) in [6.07, 6.45) is 2.36. The van der Waals surface area contributed by atoms with Gasteiger partial charge in [0.1, 0.15) is 5.82 Å². The van der Waals surface area contributed by atoms with E-state index in [1.165, 1.54) is 11.3 Å². The fourth-order valence-corrected chi connectivity index (χ4v) is 5.86. The number of nitrogens with zero attached hydrogens (tertiary/aromatic N) is 3. The van der Waals surface area contributed by atoms with E-state index in [0.29, 0.717) is 23.1 Å². The molecule has 4 rings (SSSR count). The highest BCUT2D eigenvalue weighted by molar-refractivity contribution is 7.91. The zero-order chi connectivity index (χ0) is 22.4. The fraction of sp³-hybridized carbons (Fsp3) is 0.600. The maximum atomic E-state index is 12.7. The Hall–Kier alpha value is -2.27. The van der Waals surface area contributed by atoms with E-state index < -0.39 is 9.84 Å². The van der Waals surface area contributed by atoms with Gasteiger partial charge in [-0.05, 0) is 19.3 Å². The summed E-state index contributed by atoms with van der Waals surface area (Å²) in [5.74, 6) is 0.450. The highest BCUT2D eigenvalue weighted by Crippen LogP contribution is 2.32. The number of sulfone groups is 1. The molecule has 11 heteroatoms. The number of anilines is 2. The van der Waals surface area contributed by atoms with Crippen LogP contribution in [0, 0.1) is 5.92 Å². The van der Waals surface area contributed by atoms with Gasteiger partial charge in [-0.2, -0.15) is 5.10 Å². The summed E-state index contributed by atoms with van der Waals surface area (Å²) >= 11 is 1.29. The van der Waals surface area contributed by atoms with Crippen molar-refractivity contribution < 1.29 is 18.0 Å². The normalized spacial score (nSPS) is 20.5. The monoisotopic (exact) mass is 465 g/mol. The second-order valence-corrected chi connectivity index (χ2v) is 12.4. The molecule has 2 aromatic rings. The molecule has 1 aliphatic heterocycles. The van der Waals surface area contributed by atoms with Crippen molar-refractivity contribution in [3.8, 4) is 0 Å². The lowest BCUT2D eigenvalue weighted by molar-refractivity contribution is -0.117. The molecule has 2 amide bonds. The van der Waals surface area contributed by atoms with Gasteiger partial charge in [0.2, 0.25) is 11.8 Å². The quantitative estimate of drug-likeness (QED) is 0.676. The van der Waals surface area contributed by atoms with E-state index in [9.17, 15) is 18.0 Å². The molecule has 0 radical (unpaired) electrons. The number of rotatable bonds is 6. The SMILES string of the molecule is CC(C)(C)c1cc(NC(=O)Cc2csc(NC(=O)C3CC3)n2)n([C@H]2CCS(=O)(=O)C2)n1. The molecule has 0 aromatic carbocycles. The van der Waals surface area contributed by atoms with E-state index >= 15 is 0 Å². The summed E-state index contributed by atoms with van der Waals surface area (Å²) in [7, 11) is -3.09. The second-order valence-electron chi connectivity index (χ2n) is 9.30. The average molecular weight is 466 g/mol. The average Bonchev–Trinajstić information content (AvgIpc) is 3.13. The maximum absolute atomic E-state index is 12.7. The van der Waals surface area contributed by atoms with Crippen molar-refractivity contribution in [1.82, 2.24) is 14.8 Å². The predicted molar refractivity (Wildman–Crippen MR) is 119 cm³/mol. The number of carbonyl (C=O) groups excluding carboxylic acids is 2. The Labute approximate surface area is 185 Å². The van der Waals surface area contributed by atoms with E-state index in [4.69, 9.17) is 0 Å². The third kappa shape index (κ3) is 5.32. The van der Waals surface area contributed by atoms with Crippen LogP contribution in [0.1, 0.15) is 57.5 Å². The Morgan fingerprint density at radius 1 is 1.23 bits per heavy atom. The van der Waals surface area contributed by atoms with Crippen LogP contribution in [0.2, 0.25) is 0 Å². The minimum atomic E-state index is -3.09. The molecule has 2 fully saturated rings. The summed E-state index contributed by atoms with van der Waals surface area (Å²) in [5.41, 5.74) is 1.11. The van der Waals surface area contributed by atoms with E-state index in [0.717, 1.165) is 18.5 Å². The summed E-state index contributed by atoms with van der Waals surface area (Å²) in [6.45, 7) is 6.05. The molecular formula is C20H27N5O4S2. The highest BCUT2D eigenvalue weighted by atomic mass is 32.2. The topological polar surface area (TPSA) is 123 Å². The molecule has 0 bridgehead atoms. The standard InChI is InChI=1S/C20H27N5O4S2/c1-20(2,3)15-9-16(25(24-15)14-6-7-31(28,29)11-14)22-17(26)8-13-10-30-19(21-13)23-18(27)12-4-5-12/h9-10,12,14H,4-8,11H2,1-3H3,(H,22,26)(H,21,23,27)/t14-/m0/s1. The molecule has 0 unspecified atom stereocenters. The molecule has 2 aliphatic rings. The molecule has 1 saturated heterocycles. The van der Waals surface area contributed by atoms with Crippen molar-refractivity contribution in [2.24, 2.45) is 5.92 Å². The van der Waals surface area contributed by atoms with Crippen molar-refractivity contribution in [1.29, 1.82) is 0 Å². The number of thiazole rings is 1. The molecule has 31 heavy (non-hydrogen) atoms. The van der Waals surface area contributed by atoms with Crippen LogP contribution in [-0.2, 0) is 31.3 Å². The Morgan fingerprint density at radius 3 is 2.58 bits per heavy atom. The largest absolute Gasteiger partial charge is 0.311 e. The van der Waals surface area contributed by atoms with Crippen LogP contribution in [0.5, 0.6) is 0 Å². The highest BCUT2D eigenvalue weighted by Gasteiger charge is 2.33. The van der Waals surface area contributed by atoms with Crippen molar-refractivity contribution in [3.05, 3.63) is 22.8 Å². The third-order valence-corrected chi connectivity index (χ3v) is 7.95. The van der Waals surface area contributed by atoms with Crippen molar-refractivity contribution in [2.45, 2.75) is 57.9 Å². The van der Waals surface area contributed by atoms with Crippen LogP contribution in [0.15, 0.2) is 11.4 Å². The first-order valence-corrected chi connectivity index (χ1v) is 13.1. The van der Waals surface area contributed by atoms with Crippen molar-refractivity contribution in [2.75, 3.05) is 22.1 Å². The number of hydrogen-bond acceptors (Lipinski definition) is 7. The first-order chi connectivity index (χ1) is 14.5. The summed E-state index contributed by atoms with van der Waals surface area (Å²) < 4.78 is 25.5. The first-order valence-electron chi connectivity index (χ1n) is 10.4. The van der Waals surface area contributed by atoms with Crippen LogP contribution < -0.4 is 10.6 Å². The van der Waals surface area contributed by atoms with Crippen LogP contribution in [0.4, 0.5) is 10.9 Å². The third-order valence-electron chi connectivity index (χ3n) is 5.40. The molecule has 1 aliphatic carbocycles. The van der Waals surface area contributed by atoms with Gasteiger partial charge in [-0.3, -0.25) is 9.59 Å². The molecule has 2 N–H and O–H groups in total. The Bertz CT molecular complexity index is 1110. The van der Waals surface area contributed by atoms with Gasteiger partial charge < -0.3 is 10.6 Å². The van der Waals surface area contributed by atoms with Gasteiger partial charge in [0.05, 0.1) is 35.4 Å². The molecular weight excluding hydrogens is 438 g/mol. The zero-order valence-electron chi connectivity index (χ0n) is 17.8. The van der Waals surface area contributed by atoms with E-state index in [1.807, 2.05) is 26.8 Å². The smallest absolute Gasteiger partial charge is 0.231 e. The number of hydrogen-bond donors (Lipinski definition) is 2. The Kier molecular flexibility index (Phi) is 5.67. The van der Waals surface area contributed by atoms with E-state index in [-0.39, 0.29) is 47.1 Å². The predicted octanol–water partition coefficient (Wildman–Crippen LogP) is 2.53. The van der Waals surface area contributed by atoms with Gasteiger partial charge in [-0.15, -0.1) is 11.3 Å². The first kappa shape index (κ1) is 21.9. The van der Waals surface area contributed by atoms with Crippen LogP contribution >= 0.6 is 11.3 Å². The molecule has 3 heterocycles. The summed E-state index contributed by atoms with van der Waals surface area (Å²) in [4.78, 5) is 28.9. The van der Waals surface area contributed by atoms with E-state index in [2.05, 4.69) is 20.7 Å². The molecule has 0 spiro atoms. The fourth-order valence-electron chi connectivity index (χ4n) is 3.45. The van der Waals surface area contributed by atoms with Gasteiger partial charge >= 0.3 is 0 Å². The van der Waals surface area contributed by atoms with Gasteiger partial charge in [0.25, 0.3) is 0 Å². The molecule has 9 nitrogen and oxygen atoms in total. The summed E-state index contributed by atoms with van der Waals surface area (Å²) in [6, 6.07) is 1.52. The zero-order valence-corrected chi connectivity index (χ0v) is 19.5. The lowest BCUT2D eigenvalue weighted by atomic mass is 9.92. The van der Waals surface area contributed by atoms with Gasteiger partial charge in [0.15, 0.2) is 15.0 Å². The molecule has 1 saturated carbocycles. The minimum absolute atomic E-state index is 0.0181. The lowest BCUT2D eigenvalue weighted by Crippen LogP contribution is -2.21. The Balaban J connectivity index is 1.46. The summed E-state index contributed by atoms with van der Waals surface area (Å²) in [5, 5.41) is 12.5. The molecule has 168 valence electrons. The minimum Gasteiger partial charge on any atom is -0.311 e. The van der Waals surface area contributed by atoms with Gasteiger partial charge in [0, 0.05) is 22.8 Å². The molecule has 1 atom stereocenters. The number of carbonyl (C=O) groups is 2. The van der Waals surface area contributed by atoms with Crippen molar-refractivity contribution in [3.63, 3.8) is 0 Å². The number of aromatic nitrogens is 3.